The molecule has 1 heterocycles. The molecule has 0 saturated heterocycles. The average Bonchev–Trinajstić information content (AvgIpc) is 2.88. The molecule has 0 amide bonds. The summed E-state index contributed by atoms with van der Waals surface area (Å²) < 4.78 is 6.35. The van der Waals surface area contributed by atoms with Crippen LogP contribution in [0, 0.1) is 6.92 Å². The summed E-state index contributed by atoms with van der Waals surface area (Å²) in [6.07, 6.45) is 2.91. The molecule has 0 spiro atoms. The number of carbonyl (C=O) groups excluding carboxylic acids is 1. The topological polar surface area (TPSA) is 81.4 Å². The van der Waals surface area contributed by atoms with Gasteiger partial charge in [0.15, 0.2) is 0 Å². The predicted molar refractivity (Wildman–Crippen MR) is 71.2 cm³/mol. The monoisotopic (exact) mass is 274 g/mol. The van der Waals surface area contributed by atoms with Gasteiger partial charge in [-0.1, -0.05) is 6.07 Å². The number of carbonyl (C=O) groups is 2. The van der Waals surface area contributed by atoms with Gasteiger partial charge in [-0.2, -0.15) is 5.10 Å². The van der Waals surface area contributed by atoms with Gasteiger partial charge in [-0.3, -0.25) is 0 Å². The summed E-state index contributed by atoms with van der Waals surface area (Å²) in [7, 11) is 0. The summed E-state index contributed by atoms with van der Waals surface area (Å²) >= 11 is 0. The maximum absolute atomic E-state index is 11.6. The van der Waals surface area contributed by atoms with Crippen LogP contribution in [0.25, 0.3) is 5.69 Å². The number of nitrogens with zero attached hydrogens (tertiary/aromatic N) is 2. The van der Waals surface area contributed by atoms with E-state index >= 15 is 0 Å². The first-order chi connectivity index (χ1) is 9.52. The number of carboxylic acids is 1. The molecule has 0 aliphatic rings. The molecular formula is C14H14N2O4. The van der Waals surface area contributed by atoms with E-state index in [1.54, 1.807) is 13.0 Å². The van der Waals surface area contributed by atoms with Crippen molar-refractivity contribution in [3.05, 3.63) is 47.3 Å². The quantitative estimate of drug-likeness (QED) is 0.863. The van der Waals surface area contributed by atoms with E-state index in [0.717, 1.165) is 5.56 Å². The number of hydrogen-bond acceptors (Lipinski definition) is 4. The van der Waals surface area contributed by atoms with Crippen LogP contribution in [0.5, 0.6) is 0 Å². The Morgan fingerprint density at radius 3 is 2.75 bits per heavy atom. The summed E-state index contributed by atoms with van der Waals surface area (Å²) in [5, 5.41) is 13.1. The van der Waals surface area contributed by atoms with Gasteiger partial charge in [-0.25, -0.2) is 14.3 Å². The zero-order valence-electron chi connectivity index (χ0n) is 11.2. The zero-order chi connectivity index (χ0) is 14.7. The van der Waals surface area contributed by atoms with Gasteiger partial charge in [0.1, 0.15) is 0 Å². The zero-order valence-corrected chi connectivity index (χ0v) is 11.2. The van der Waals surface area contributed by atoms with Crippen LogP contribution in [-0.4, -0.2) is 33.4 Å². The molecule has 1 aromatic carbocycles. The summed E-state index contributed by atoms with van der Waals surface area (Å²) in [5.74, 6) is -1.46. The lowest BCUT2D eigenvalue weighted by atomic mass is 10.1. The first-order valence-corrected chi connectivity index (χ1v) is 6.09. The molecule has 2 aromatic rings. The SMILES string of the molecule is CCOC(=O)c1cnn(-c2cc(C(=O)O)ccc2C)c1. The lowest BCUT2D eigenvalue weighted by molar-refractivity contribution is 0.0525. The highest BCUT2D eigenvalue weighted by Crippen LogP contribution is 2.16. The second-order valence-corrected chi connectivity index (χ2v) is 4.20. The van der Waals surface area contributed by atoms with Crippen molar-refractivity contribution in [3.8, 4) is 5.69 Å². The second kappa shape index (κ2) is 5.56. The normalized spacial score (nSPS) is 10.3. The highest BCUT2D eigenvalue weighted by Gasteiger charge is 2.12. The molecule has 0 radical (unpaired) electrons. The number of rotatable bonds is 4. The Bertz CT molecular complexity index is 661. The number of aromatic nitrogens is 2. The van der Waals surface area contributed by atoms with E-state index in [0.29, 0.717) is 11.3 Å². The summed E-state index contributed by atoms with van der Waals surface area (Å²) in [6, 6.07) is 4.74. The number of aryl methyl sites for hydroxylation is 1. The minimum absolute atomic E-state index is 0.166. The fourth-order valence-electron chi connectivity index (χ4n) is 1.76. The van der Waals surface area contributed by atoms with Crippen LogP contribution in [0.15, 0.2) is 30.6 Å². The van der Waals surface area contributed by atoms with Crippen LogP contribution >= 0.6 is 0 Å². The molecule has 6 heteroatoms. The van der Waals surface area contributed by atoms with E-state index in [2.05, 4.69) is 5.10 Å². The van der Waals surface area contributed by atoms with Gasteiger partial charge < -0.3 is 9.84 Å². The van der Waals surface area contributed by atoms with Gasteiger partial charge in [0.25, 0.3) is 0 Å². The van der Waals surface area contributed by atoms with Gasteiger partial charge in [0.05, 0.1) is 29.6 Å². The van der Waals surface area contributed by atoms with Crippen LogP contribution in [0.4, 0.5) is 0 Å². The average molecular weight is 274 g/mol. The summed E-state index contributed by atoms with van der Waals surface area (Å²) in [6.45, 7) is 3.85. The fraction of sp³-hybridized carbons (Fsp3) is 0.214. The Morgan fingerprint density at radius 2 is 2.10 bits per heavy atom. The van der Waals surface area contributed by atoms with E-state index < -0.39 is 11.9 Å². The van der Waals surface area contributed by atoms with E-state index in [1.165, 1.54) is 29.2 Å². The van der Waals surface area contributed by atoms with Crippen molar-refractivity contribution in [2.24, 2.45) is 0 Å². The molecule has 0 fully saturated rings. The Labute approximate surface area is 115 Å². The molecule has 20 heavy (non-hydrogen) atoms. The molecule has 0 aliphatic heterocycles. The van der Waals surface area contributed by atoms with Gasteiger partial charge in [-0.05, 0) is 31.5 Å². The van der Waals surface area contributed by atoms with Gasteiger partial charge >= 0.3 is 11.9 Å². The number of benzene rings is 1. The van der Waals surface area contributed by atoms with Crippen LogP contribution in [0.2, 0.25) is 0 Å². The maximum atomic E-state index is 11.6. The van der Waals surface area contributed by atoms with Gasteiger partial charge in [0, 0.05) is 6.20 Å². The third kappa shape index (κ3) is 2.69. The fourth-order valence-corrected chi connectivity index (χ4v) is 1.76. The van der Waals surface area contributed by atoms with Crippen LogP contribution in [0.1, 0.15) is 33.2 Å². The highest BCUT2D eigenvalue weighted by molar-refractivity contribution is 5.89. The number of esters is 1. The maximum Gasteiger partial charge on any atom is 0.341 e. The number of aromatic carboxylic acids is 1. The molecular weight excluding hydrogens is 260 g/mol. The molecule has 1 aromatic heterocycles. The Morgan fingerprint density at radius 1 is 1.35 bits per heavy atom. The second-order valence-electron chi connectivity index (χ2n) is 4.20. The van der Waals surface area contributed by atoms with Crippen molar-refractivity contribution in [2.45, 2.75) is 13.8 Å². The number of ether oxygens (including phenoxy) is 1. The standard InChI is InChI=1S/C14H14N2O4/c1-3-20-14(19)11-7-15-16(8-11)12-6-10(13(17)18)5-4-9(12)2/h4-8H,3H2,1-2H3,(H,17,18). The summed E-state index contributed by atoms with van der Waals surface area (Å²) in [5.41, 5.74) is 1.96. The van der Waals surface area contributed by atoms with Crippen LogP contribution in [0.3, 0.4) is 0 Å². The molecule has 1 N–H and O–H groups in total. The van der Waals surface area contributed by atoms with Crippen molar-refractivity contribution < 1.29 is 19.4 Å². The largest absolute Gasteiger partial charge is 0.478 e. The minimum atomic E-state index is -1.01. The Kier molecular flexibility index (Phi) is 3.84. The highest BCUT2D eigenvalue weighted by atomic mass is 16.5. The van der Waals surface area contributed by atoms with Crippen LogP contribution < -0.4 is 0 Å². The van der Waals surface area contributed by atoms with E-state index in [4.69, 9.17) is 9.84 Å². The molecule has 6 nitrogen and oxygen atoms in total. The molecule has 0 saturated carbocycles. The van der Waals surface area contributed by atoms with Gasteiger partial charge in [-0.15, -0.1) is 0 Å². The molecule has 2 rings (SSSR count). The van der Waals surface area contributed by atoms with Gasteiger partial charge in [0.2, 0.25) is 0 Å². The molecule has 104 valence electrons. The minimum Gasteiger partial charge on any atom is -0.478 e. The smallest absolute Gasteiger partial charge is 0.341 e. The first-order valence-electron chi connectivity index (χ1n) is 6.09. The summed E-state index contributed by atoms with van der Waals surface area (Å²) in [4.78, 5) is 22.6. The van der Waals surface area contributed by atoms with E-state index in [-0.39, 0.29) is 12.2 Å². The first kappa shape index (κ1) is 13.8. The number of carboxylic acid groups (broad SMARTS) is 1. The van der Waals surface area contributed by atoms with Crippen molar-refractivity contribution in [1.82, 2.24) is 9.78 Å². The molecule has 0 atom stereocenters. The van der Waals surface area contributed by atoms with Crippen molar-refractivity contribution >= 4 is 11.9 Å². The Balaban J connectivity index is 2.39. The lowest BCUT2D eigenvalue weighted by Gasteiger charge is -2.06. The third-order valence-corrected chi connectivity index (χ3v) is 2.80. The third-order valence-electron chi connectivity index (χ3n) is 2.80. The number of hydrogen-bond donors (Lipinski definition) is 1. The van der Waals surface area contributed by atoms with Crippen LogP contribution in [-0.2, 0) is 4.74 Å². The van der Waals surface area contributed by atoms with E-state index in [9.17, 15) is 9.59 Å². The van der Waals surface area contributed by atoms with Crippen molar-refractivity contribution in [2.75, 3.05) is 6.61 Å². The molecule has 0 unspecified atom stereocenters. The van der Waals surface area contributed by atoms with Crippen molar-refractivity contribution in [1.29, 1.82) is 0 Å². The van der Waals surface area contributed by atoms with E-state index in [1.807, 2.05) is 6.92 Å². The lowest BCUT2D eigenvalue weighted by Crippen LogP contribution is -2.04. The molecule has 0 aliphatic carbocycles. The van der Waals surface area contributed by atoms with Crippen molar-refractivity contribution in [3.63, 3.8) is 0 Å². The molecule has 0 bridgehead atoms. The Hall–Kier alpha value is -2.63. The predicted octanol–water partition coefficient (Wildman–Crippen LogP) is 2.06.